The Morgan fingerprint density at radius 3 is 2.62 bits per heavy atom. The summed E-state index contributed by atoms with van der Waals surface area (Å²) in [4.78, 5) is 27.0. The van der Waals surface area contributed by atoms with Crippen molar-refractivity contribution in [3.05, 3.63) is 29.3 Å². The maximum atomic E-state index is 12.8. The summed E-state index contributed by atoms with van der Waals surface area (Å²) in [7, 11) is 0. The summed E-state index contributed by atoms with van der Waals surface area (Å²) >= 11 is 0. The Morgan fingerprint density at radius 1 is 1.15 bits per heavy atom. The molecule has 2 aliphatic rings. The number of carbonyl (C=O) groups is 2. The van der Waals surface area contributed by atoms with Gasteiger partial charge in [-0.05, 0) is 56.7 Å². The number of hydrogen-bond donors (Lipinski definition) is 1. The third-order valence-corrected chi connectivity index (χ3v) is 5.18. The van der Waals surface area contributed by atoms with Gasteiger partial charge >= 0.3 is 0 Å². The summed E-state index contributed by atoms with van der Waals surface area (Å²) in [5.74, 6) is -0.294. The van der Waals surface area contributed by atoms with Crippen LogP contribution in [0.15, 0.2) is 18.2 Å². The number of anilines is 1. The van der Waals surface area contributed by atoms with E-state index < -0.39 is 6.10 Å². The van der Waals surface area contributed by atoms with Crippen LogP contribution in [0.4, 0.5) is 5.69 Å². The lowest BCUT2D eigenvalue weighted by molar-refractivity contribution is -0.144. The van der Waals surface area contributed by atoms with Crippen molar-refractivity contribution in [3.63, 3.8) is 0 Å². The zero-order valence-corrected chi connectivity index (χ0v) is 15.6. The van der Waals surface area contributed by atoms with Crippen molar-refractivity contribution in [1.82, 2.24) is 4.90 Å². The molecule has 6 heteroatoms. The Balaban J connectivity index is 1.66. The van der Waals surface area contributed by atoms with Gasteiger partial charge in [-0.1, -0.05) is 12.1 Å². The van der Waals surface area contributed by atoms with Gasteiger partial charge in [0.15, 0.2) is 0 Å². The van der Waals surface area contributed by atoms with Gasteiger partial charge in [-0.25, -0.2) is 0 Å². The van der Waals surface area contributed by atoms with Gasteiger partial charge in [-0.15, -0.1) is 0 Å². The lowest BCUT2D eigenvalue weighted by Crippen LogP contribution is -2.46. The van der Waals surface area contributed by atoms with Crippen molar-refractivity contribution in [1.29, 1.82) is 0 Å². The van der Waals surface area contributed by atoms with Crippen LogP contribution in [0.5, 0.6) is 0 Å². The normalized spacial score (nSPS) is 22.4. The number of benzene rings is 1. The van der Waals surface area contributed by atoms with E-state index in [1.165, 1.54) is 0 Å². The quantitative estimate of drug-likeness (QED) is 0.846. The van der Waals surface area contributed by atoms with Gasteiger partial charge in [-0.3, -0.25) is 9.59 Å². The molecule has 2 heterocycles. The molecule has 26 heavy (non-hydrogen) atoms. The molecule has 0 radical (unpaired) electrons. The number of hydrogen-bond acceptors (Lipinski definition) is 4. The Morgan fingerprint density at radius 2 is 1.92 bits per heavy atom. The molecule has 2 atom stereocenters. The number of nitrogens with one attached hydrogen (secondary N) is 1. The predicted octanol–water partition coefficient (Wildman–Crippen LogP) is 2.43. The average molecular weight is 360 g/mol. The third-order valence-electron chi connectivity index (χ3n) is 5.18. The molecule has 2 aliphatic heterocycles. The molecule has 142 valence electrons. The number of nitrogens with zero attached hydrogens (tertiary/aromatic N) is 1. The Hall–Kier alpha value is -1.92. The number of ether oxygens (including phenoxy) is 2. The van der Waals surface area contributed by atoms with Crippen LogP contribution in [0.3, 0.4) is 0 Å². The van der Waals surface area contributed by atoms with Gasteiger partial charge in [0, 0.05) is 25.4 Å². The van der Waals surface area contributed by atoms with Crippen LogP contribution in [0.2, 0.25) is 0 Å². The van der Waals surface area contributed by atoms with Crippen LogP contribution in [-0.2, 0) is 19.1 Å². The van der Waals surface area contributed by atoms with Crippen LogP contribution in [0.1, 0.15) is 36.8 Å². The SMILES string of the molecule is Cc1cccc(NC(=O)CN(CC2CCCO2)C(=O)C2CCCO2)c1C. The summed E-state index contributed by atoms with van der Waals surface area (Å²) in [5.41, 5.74) is 2.95. The third kappa shape index (κ3) is 4.62. The Kier molecular flexibility index (Phi) is 6.27. The monoisotopic (exact) mass is 360 g/mol. The summed E-state index contributed by atoms with van der Waals surface area (Å²) in [6.07, 6.45) is 3.12. The Labute approximate surface area is 154 Å². The van der Waals surface area contributed by atoms with E-state index in [4.69, 9.17) is 9.47 Å². The summed E-state index contributed by atoms with van der Waals surface area (Å²) in [5, 5.41) is 2.94. The van der Waals surface area contributed by atoms with Crippen LogP contribution in [0.25, 0.3) is 0 Å². The second-order valence-electron chi connectivity index (χ2n) is 7.15. The van der Waals surface area contributed by atoms with Crippen molar-refractivity contribution < 1.29 is 19.1 Å². The first kappa shape index (κ1) is 18.9. The maximum Gasteiger partial charge on any atom is 0.252 e. The fourth-order valence-electron chi connectivity index (χ4n) is 3.49. The number of aryl methyl sites for hydroxylation is 1. The summed E-state index contributed by atoms with van der Waals surface area (Å²) < 4.78 is 11.2. The molecule has 2 unspecified atom stereocenters. The van der Waals surface area contributed by atoms with E-state index in [1.807, 2.05) is 32.0 Å². The van der Waals surface area contributed by atoms with Gasteiger partial charge in [0.1, 0.15) is 12.6 Å². The first-order chi connectivity index (χ1) is 12.5. The van der Waals surface area contributed by atoms with E-state index in [0.29, 0.717) is 13.2 Å². The molecule has 6 nitrogen and oxygen atoms in total. The fourth-order valence-corrected chi connectivity index (χ4v) is 3.49. The molecular weight excluding hydrogens is 332 g/mol. The van der Waals surface area contributed by atoms with E-state index in [1.54, 1.807) is 4.90 Å². The minimum absolute atomic E-state index is 0.00820. The molecule has 3 rings (SSSR count). The second kappa shape index (κ2) is 8.64. The topological polar surface area (TPSA) is 67.9 Å². The molecule has 0 spiro atoms. The molecule has 2 fully saturated rings. The van der Waals surface area contributed by atoms with E-state index >= 15 is 0 Å². The first-order valence-electron chi connectivity index (χ1n) is 9.42. The Bertz CT molecular complexity index is 649. The molecule has 0 bridgehead atoms. The molecule has 0 aliphatic carbocycles. The highest BCUT2D eigenvalue weighted by molar-refractivity contribution is 5.95. The summed E-state index contributed by atoms with van der Waals surface area (Å²) in [6, 6.07) is 5.81. The van der Waals surface area contributed by atoms with E-state index in [0.717, 1.165) is 49.1 Å². The molecule has 1 aromatic carbocycles. The van der Waals surface area contributed by atoms with E-state index in [2.05, 4.69) is 5.32 Å². The first-order valence-corrected chi connectivity index (χ1v) is 9.42. The highest BCUT2D eigenvalue weighted by Gasteiger charge is 2.31. The molecule has 2 saturated heterocycles. The van der Waals surface area contributed by atoms with Gasteiger partial charge in [0.2, 0.25) is 5.91 Å². The number of carbonyl (C=O) groups excluding carboxylic acids is 2. The van der Waals surface area contributed by atoms with Crippen LogP contribution in [0, 0.1) is 13.8 Å². The smallest absolute Gasteiger partial charge is 0.252 e. The van der Waals surface area contributed by atoms with Gasteiger partial charge in [0.05, 0.1) is 6.10 Å². The summed E-state index contributed by atoms with van der Waals surface area (Å²) in [6.45, 7) is 5.79. The van der Waals surface area contributed by atoms with Crippen LogP contribution >= 0.6 is 0 Å². The molecule has 0 aromatic heterocycles. The van der Waals surface area contributed by atoms with Crippen molar-refractivity contribution in [2.75, 3.05) is 31.6 Å². The maximum absolute atomic E-state index is 12.8. The molecule has 0 saturated carbocycles. The average Bonchev–Trinajstić information content (AvgIpc) is 3.31. The zero-order chi connectivity index (χ0) is 18.5. The molecular formula is C20H28N2O4. The van der Waals surface area contributed by atoms with Crippen molar-refractivity contribution in [3.8, 4) is 0 Å². The van der Waals surface area contributed by atoms with Crippen LogP contribution in [-0.4, -0.2) is 55.2 Å². The zero-order valence-electron chi connectivity index (χ0n) is 15.6. The lowest BCUT2D eigenvalue weighted by Gasteiger charge is -2.27. The van der Waals surface area contributed by atoms with Gasteiger partial charge < -0.3 is 19.7 Å². The second-order valence-corrected chi connectivity index (χ2v) is 7.15. The van der Waals surface area contributed by atoms with Crippen molar-refractivity contribution >= 4 is 17.5 Å². The molecule has 1 aromatic rings. The largest absolute Gasteiger partial charge is 0.376 e. The highest BCUT2D eigenvalue weighted by atomic mass is 16.5. The standard InChI is InChI=1S/C20H28N2O4/c1-14-6-3-8-17(15(14)2)21-19(23)13-22(12-16-7-4-10-25-16)20(24)18-9-5-11-26-18/h3,6,8,16,18H,4-5,7,9-13H2,1-2H3,(H,21,23). The highest BCUT2D eigenvalue weighted by Crippen LogP contribution is 2.20. The fraction of sp³-hybridized carbons (Fsp3) is 0.600. The van der Waals surface area contributed by atoms with Gasteiger partial charge in [0.25, 0.3) is 5.91 Å². The van der Waals surface area contributed by atoms with E-state index in [-0.39, 0.29) is 24.5 Å². The van der Waals surface area contributed by atoms with Crippen molar-refractivity contribution in [2.24, 2.45) is 0 Å². The number of amides is 2. The van der Waals surface area contributed by atoms with Crippen LogP contribution < -0.4 is 5.32 Å². The molecule has 2 amide bonds. The number of rotatable bonds is 6. The predicted molar refractivity (Wildman–Crippen MR) is 99.1 cm³/mol. The minimum Gasteiger partial charge on any atom is -0.376 e. The lowest BCUT2D eigenvalue weighted by atomic mass is 10.1. The van der Waals surface area contributed by atoms with Crippen molar-refractivity contribution in [2.45, 2.75) is 51.7 Å². The molecule has 1 N–H and O–H groups in total. The van der Waals surface area contributed by atoms with Gasteiger partial charge in [-0.2, -0.15) is 0 Å². The minimum atomic E-state index is -0.426. The van der Waals surface area contributed by atoms with E-state index in [9.17, 15) is 9.59 Å².